The van der Waals surface area contributed by atoms with E-state index in [0.717, 1.165) is 39.4 Å². The molecule has 0 aliphatic heterocycles. The van der Waals surface area contributed by atoms with Gasteiger partial charge in [0.15, 0.2) is 0 Å². The summed E-state index contributed by atoms with van der Waals surface area (Å²) in [5.41, 5.74) is 13.9. The lowest BCUT2D eigenvalue weighted by Gasteiger charge is -2.26. The van der Waals surface area contributed by atoms with Crippen molar-refractivity contribution < 1.29 is 0 Å². The Labute approximate surface area is 292 Å². The third-order valence-corrected chi connectivity index (χ3v) is 9.50. The predicted molar refractivity (Wildman–Crippen MR) is 210 cm³/mol. The molecule has 0 saturated carbocycles. The Hall–Kier alpha value is -6.71. The van der Waals surface area contributed by atoms with E-state index < -0.39 is 0 Å². The Kier molecular flexibility index (Phi) is 7.49. The van der Waals surface area contributed by atoms with Crippen molar-refractivity contribution in [2.24, 2.45) is 0 Å². The van der Waals surface area contributed by atoms with Gasteiger partial charge in [0, 0.05) is 40.2 Å². The number of anilines is 3. The zero-order valence-corrected chi connectivity index (χ0v) is 27.4. The fourth-order valence-corrected chi connectivity index (χ4v) is 7.13. The summed E-state index contributed by atoms with van der Waals surface area (Å²) in [7, 11) is 0. The molecule has 0 bridgehead atoms. The number of rotatable bonds is 7. The van der Waals surface area contributed by atoms with Crippen LogP contribution in [-0.2, 0) is 0 Å². The van der Waals surface area contributed by atoms with Gasteiger partial charge in [0.25, 0.3) is 0 Å². The van der Waals surface area contributed by atoms with Gasteiger partial charge in [0.05, 0.1) is 16.7 Å². The van der Waals surface area contributed by atoms with Crippen LogP contribution in [0.5, 0.6) is 0 Å². The number of pyridine rings is 1. The molecule has 0 fully saturated rings. The van der Waals surface area contributed by atoms with Crippen molar-refractivity contribution in [3.8, 4) is 39.1 Å². The van der Waals surface area contributed by atoms with Crippen molar-refractivity contribution in [3.05, 3.63) is 200 Å². The molecule has 2 aromatic heterocycles. The van der Waals surface area contributed by atoms with Gasteiger partial charge in [-0.25, -0.2) is 0 Å². The number of hydrogen-bond acceptors (Lipinski definition) is 2. The van der Waals surface area contributed by atoms with E-state index in [1.165, 1.54) is 38.5 Å². The fraction of sp³-hybridized carbons (Fsp3) is 0. The summed E-state index contributed by atoms with van der Waals surface area (Å²) in [5.74, 6) is 0. The van der Waals surface area contributed by atoms with Crippen LogP contribution in [0.3, 0.4) is 0 Å². The highest BCUT2D eigenvalue weighted by atomic mass is 15.1. The minimum Gasteiger partial charge on any atom is -0.310 e. The van der Waals surface area contributed by atoms with Gasteiger partial charge in [-0.05, 0) is 100 Å². The first-order chi connectivity index (χ1) is 24.8. The maximum atomic E-state index is 4.22. The van der Waals surface area contributed by atoms with Crippen LogP contribution in [0.4, 0.5) is 17.1 Å². The Balaban J connectivity index is 1.17. The van der Waals surface area contributed by atoms with Crippen LogP contribution < -0.4 is 4.90 Å². The highest BCUT2D eigenvalue weighted by Crippen LogP contribution is 2.44. The molecule has 236 valence electrons. The second-order valence-electron chi connectivity index (χ2n) is 12.5. The summed E-state index contributed by atoms with van der Waals surface area (Å²) in [5, 5.41) is 2.42. The molecule has 9 rings (SSSR count). The van der Waals surface area contributed by atoms with Crippen LogP contribution in [0.2, 0.25) is 0 Å². The van der Waals surface area contributed by atoms with Crippen LogP contribution in [0.1, 0.15) is 0 Å². The quantitative estimate of drug-likeness (QED) is 0.173. The lowest BCUT2D eigenvalue weighted by atomic mass is 10.00. The van der Waals surface area contributed by atoms with E-state index in [0.29, 0.717) is 0 Å². The van der Waals surface area contributed by atoms with E-state index in [4.69, 9.17) is 0 Å². The predicted octanol–water partition coefficient (Wildman–Crippen LogP) is 12.6. The minimum atomic E-state index is 1.10. The van der Waals surface area contributed by atoms with Crippen molar-refractivity contribution in [1.82, 2.24) is 9.55 Å². The highest BCUT2D eigenvalue weighted by molar-refractivity contribution is 6.16. The Morgan fingerprint density at radius 1 is 0.380 bits per heavy atom. The van der Waals surface area contributed by atoms with Crippen molar-refractivity contribution in [2.75, 3.05) is 4.90 Å². The lowest BCUT2D eigenvalue weighted by molar-refractivity contribution is 1.18. The van der Waals surface area contributed by atoms with Gasteiger partial charge in [-0.2, -0.15) is 0 Å². The molecule has 0 aliphatic rings. The first-order valence-electron chi connectivity index (χ1n) is 17.0. The van der Waals surface area contributed by atoms with Gasteiger partial charge < -0.3 is 9.47 Å². The van der Waals surface area contributed by atoms with Crippen molar-refractivity contribution in [1.29, 1.82) is 0 Å². The average Bonchev–Trinajstić information content (AvgIpc) is 3.55. The second kappa shape index (κ2) is 12.7. The number of hydrogen-bond donors (Lipinski definition) is 0. The molecule has 0 amide bonds. The van der Waals surface area contributed by atoms with E-state index in [1.807, 2.05) is 12.4 Å². The molecule has 2 heterocycles. The molecule has 0 N–H and O–H groups in total. The van der Waals surface area contributed by atoms with Gasteiger partial charge >= 0.3 is 0 Å². The molecule has 7 aromatic carbocycles. The zero-order chi connectivity index (χ0) is 33.3. The average molecular weight is 640 g/mol. The Morgan fingerprint density at radius 3 is 1.62 bits per heavy atom. The number of fused-ring (bicyclic) bond motifs is 3. The van der Waals surface area contributed by atoms with E-state index in [-0.39, 0.29) is 0 Å². The van der Waals surface area contributed by atoms with Crippen LogP contribution in [0.15, 0.2) is 200 Å². The monoisotopic (exact) mass is 639 g/mol. The minimum absolute atomic E-state index is 1.10. The normalized spacial score (nSPS) is 11.2. The van der Waals surface area contributed by atoms with Crippen molar-refractivity contribution in [2.45, 2.75) is 0 Å². The molecule has 0 spiro atoms. The summed E-state index contributed by atoms with van der Waals surface area (Å²) in [4.78, 5) is 6.61. The maximum absolute atomic E-state index is 4.22. The molecule has 3 nitrogen and oxygen atoms in total. The summed E-state index contributed by atoms with van der Waals surface area (Å²) in [6.07, 6.45) is 3.70. The number of nitrogens with zero attached hydrogens (tertiary/aromatic N) is 3. The molecular formula is C47H33N3. The number of para-hydroxylation sites is 2. The highest BCUT2D eigenvalue weighted by Gasteiger charge is 2.21. The summed E-state index contributed by atoms with van der Waals surface area (Å²) in [6.45, 7) is 0. The van der Waals surface area contributed by atoms with Crippen LogP contribution in [-0.4, -0.2) is 9.55 Å². The van der Waals surface area contributed by atoms with E-state index in [2.05, 4.69) is 203 Å². The van der Waals surface area contributed by atoms with Crippen molar-refractivity contribution >= 4 is 38.9 Å². The Bertz CT molecular complexity index is 2550. The molecule has 0 saturated heterocycles. The van der Waals surface area contributed by atoms with E-state index in [9.17, 15) is 0 Å². The number of aromatic nitrogens is 2. The van der Waals surface area contributed by atoms with Gasteiger partial charge in [-0.3, -0.25) is 4.98 Å². The summed E-state index contributed by atoms with van der Waals surface area (Å²) in [6, 6.07) is 67.3. The molecule has 0 aliphatic carbocycles. The van der Waals surface area contributed by atoms with Crippen LogP contribution in [0, 0.1) is 0 Å². The molecule has 9 aromatic rings. The van der Waals surface area contributed by atoms with Gasteiger partial charge in [-0.15, -0.1) is 0 Å². The Morgan fingerprint density at radius 2 is 0.900 bits per heavy atom. The molecule has 0 radical (unpaired) electrons. The van der Waals surface area contributed by atoms with Gasteiger partial charge in [0.2, 0.25) is 0 Å². The lowest BCUT2D eigenvalue weighted by Crippen LogP contribution is -2.10. The number of benzene rings is 7. The van der Waals surface area contributed by atoms with Gasteiger partial charge in [-0.1, -0.05) is 121 Å². The zero-order valence-electron chi connectivity index (χ0n) is 27.4. The molecular weight excluding hydrogens is 607 g/mol. The van der Waals surface area contributed by atoms with Gasteiger partial charge in [0.1, 0.15) is 0 Å². The molecule has 50 heavy (non-hydrogen) atoms. The first kappa shape index (κ1) is 29.4. The third kappa shape index (κ3) is 5.32. The SMILES string of the molecule is c1ccc(-c2ccc(-c3ccc(N(c4ccccc4)c4cccc5c4c4ccccc4n5-c4cccc(-c5ccncc5)c4)cc3)cc2)cc1. The summed E-state index contributed by atoms with van der Waals surface area (Å²) < 4.78 is 2.39. The molecule has 0 atom stereocenters. The fourth-order valence-electron chi connectivity index (χ4n) is 7.13. The maximum Gasteiger partial charge on any atom is 0.0562 e. The van der Waals surface area contributed by atoms with E-state index in [1.54, 1.807) is 0 Å². The molecule has 0 unspecified atom stereocenters. The molecule has 3 heteroatoms. The van der Waals surface area contributed by atoms with Crippen LogP contribution in [0.25, 0.3) is 60.9 Å². The summed E-state index contributed by atoms with van der Waals surface area (Å²) >= 11 is 0. The van der Waals surface area contributed by atoms with Crippen LogP contribution >= 0.6 is 0 Å². The van der Waals surface area contributed by atoms with E-state index >= 15 is 0 Å². The first-order valence-corrected chi connectivity index (χ1v) is 17.0. The second-order valence-corrected chi connectivity index (χ2v) is 12.5. The largest absolute Gasteiger partial charge is 0.310 e. The third-order valence-electron chi connectivity index (χ3n) is 9.50. The topological polar surface area (TPSA) is 21.1 Å². The van der Waals surface area contributed by atoms with Crippen molar-refractivity contribution in [3.63, 3.8) is 0 Å². The standard InChI is InChI=1S/C47H33N3/c1-3-11-34(12-4-1)35-21-23-36(24-22-35)37-25-27-41(28-26-37)49(40-14-5-2-6-15-40)45-19-10-20-46-47(45)43-17-7-8-18-44(43)50(46)42-16-9-13-39(33-42)38-29-31-48-32-30-38/h1-33H. The smallest absolute Gasteiger partial charge is 0.0562 e.